The first-order valence-corrected chi connectivity index (χ1v) is 12.3. The first-order chi connectivity index (χ1) is 16.1. The van der Waals surface area contributed by atoms with Crippen LogP contribution in [0.2, 0.25) is 0 Å². The molecule has 0 aromatic heterocycles. The molecular formula is C27H18BrNO2S2. The quantitative estimate of drug-likeness (QED) is 0.196. The molecule has 33 heavy (non-hydrogen) atoms. The number of anilines is 1. The summed E-state index contributed by atoms with van der Waals surface area (Å²) in [4.78, 5) is 15.1. The normalized spacial score (nSPS) is 14.9. The van der Waals surface area contributed by atoms with E-state index < -0.39 is 0 Å². The van der Waals surface area contributed by atoms with Crippen LogP contribution < -0.4 is 9.64 Å². The Morgan fingerprint density at radius 1 is 0.909 bits per heavy atom. The lowest BCUT2D eigenvalue weighted by Gasteiger charge is -2.14. The van der Waals surface area contributed by atoms with Crippen LogP contribution in [0.1, 0.15) is 11.1 Å². The van der Waals surface area contributed by atoms with E-state index in [0.717, 1.165) is 27.0 Å². The predicted molar refractivity (Wildman–Crippen MR) is 145 cm³/mol. The first-order valence-electron chi connectivity index (χ1n) is 10.3. The molecule has 6 heteroatoms. The molecule has 4 aromatic rings. The van der Waals surface area contributed by atoms with Gasteiger partial charge in [-0.2, -0.15) is 0 Å². The summed E-state index contributed by atoms with van der Waals surface area (Å²) in [5.74, 6) is 0.668. The highest BCUT2D eigenvalue weighted by atomic mass is 79.9. The van der Waals surface area contributed by atoms with Gasteiger partial charge in [-0.15, -0.1) is 0 Å². The second kappa shape index (κ2) is 9.51. The van der Waals surface area contributed by atoms with Crippen molar-refractivity contribution in [3.8, 4) is 5.75 Å². The number of amides is 1. The lowest BCUT2D eigenvalue weighted by molar-refractivity contribution is -0.113. The predicted octanol–water partition coefficient (Wildman–Crippen LogP) is 7.59. The molecule has 0 radical (unpaired) electrons. The molecule has 3 nitrogen and oxygen atoms in total. The van der Waals surface area contributed by atoms with Gasteiger partial charge in [0.1, 0.15) is 12.4 Å². The van der Waals surface area contributed by atoms with Crippen LogP contribution in [-0.4, -0.2) is 10.2 Å². The fraction of sp³-hybridized carbons (Fsp3) is 0.0370. The summed E-state index contributed by atoms with van der Waals surface area (Å²) in [7, 11) is 0. The zero-order valence-corrected chi connectivity index (χ0v) is 20.6. The molecule has 0 aliphatic carbocycles. The monoisotopic (exact) mass is 531 g/mol. The van der Waals surface area contributed by atoms with Gasteiger partial charge in [-0.3, -0.25) is 9.69 Å². The Labute approximate surface area is 210 Å². The molecule has 1 fully saturated rings. The summed E-state index contributed by atoms with van der Waals surface area (Å²) in [5, 5.41) is 2.42. The highest BCUT2D eigenvalue weighted by molar-refractivity contribution is 9.10. The van der Waals surface area contributed by atoms with E-state index in [1.165, 1.54) is 22.5 Å². The van der Waals surface area contributed by atoms with Gasteiger partial charge in [0.25, 0.3) is 5.91 Å². The second-order valence-electron chi connectivity index (χ2n) is 7.54. The van der Waals surface area contributed by atoms with E-state index >= 15 is 0 Å². The van der Waals surface area contributed by atoms with Crippen molar-refractivity contribution in [2.75, 3.05) is 4.90 Å². The molecule has 1 amide bonds. The van der Waals surface area contributed by atoms with Crippen molar-refractivity contribution in [2.24, 2.45) is 0 Å². The highest BCUT2D eigenvalue weighted by Gasteiger charge is 2.33. The van der Waals surface area contributed by atoms with Gasteiger partial charge in [-0.1, -0.05) is 94.5 Å². The Morgan fingerprint density at radius 3 is 2.48 bits per heavy atom. The average molecular weight is 532 g/mol. The van der Waals surface area contributed by atoms with Crippen molar-refractivity contribution in [3.63, 3.8) is 0 Å². The zero-order chi connectivity index (χ0) is 22.8. The van der Waals surface area contributed by atoms with Gasteiger partial charge in [0.15, 0.2) is 4.32 Å². The molecule has 5 rings (SSSR count). The Kier molecular flexibility index (Phi) is 6.31. The van der Waals surface area contributed by atoms with E-state index in [2.05, 4.69) is 46.3 Å². The van der Waals surface area contributed by atoms with Crippen molar-refractivity contribution < 1.29 is 9.53 Å². The van der Waals surface area contributed by atoms with Crippen molar-refractivity contribution in [1.82, 2.24) is 0 Å². The number of thiocarbonyl (C=S) groups is 1. The third-order valence-electron chi connectivity index (χ3n) is 5.26. The zero-order valence-electron chi connectivity index (χ0n) is 17.4. The van der Waals surface area contributed by atoms with Gasteiger partial charge < -0.3 is 4.74 Å². The third-order valence-corrected chi connectivity index (χ3v) is 7.05. The number of hydrogen-bond acceptors (Lipinski definition) is 4. The molecule has 0 bridgehead atoms. The third kappa shape index (κ3) is 4.88. The second-order valence-corrected chi connectivity index (χ2v) is 10.1. The number of carbonyl (C=O) groups excluding carboxylic acids is 1. The molecular weight excluding hydrogens is 514 g/mol. The van der Waals surface area contributed by atoms with Crippen LogP contribution in [0, 0.1) is 0 Å². The topological polar surface area (TPSA) is 29.5 Å². The van der Waals surface area contributed by atoms with Crippen LogP contribution in [0.5, 0.6) is 5.75 Å². The van der Waals surface area contributed by atoms with Crippen LogP contribution in [-0.2, 0) is 11.4 Å². The number of hydrogen-bond donors (Lipinski definition) is 0. The van der Waals surface area contributed by atoms with Gasteiger partial charge in [0.2, 0.25) is 0 Å². The lowest BCUT2D eigenvalue weighted by atomic mass is 10.1. The molecule has 0 N–H and O–H groups in total. The summed E-state index contributed by atoms with van der Waals surface area (Å²) in [6.45, 7) is 0.496. The van der Waals surface area contributed by atoms with E-state index in [4.69, 9.17) is 17.0 Å². The molecule has 1 aliphatic rings. The van der Waals surface area contributed by atoms with Gasteiger partial charge in [0, 0.05) is 4.47 Å². The van der Waals surface area contributed by atoms with E-state index in [1.54, 1.807) is 4.90 Å². The Bertz CT molecular complexity index is 1400. The van der Waals surface area contributed by atoms with Crippen LogP contribution in [0.15, 0.2) is 100 Å². The summed E-state index contributed by atoms with van der Waals surface area (Å²) >= 11 is 10.2. The maximum absolute atomic E-state index is 13.0. The number of nitrogens with zero attached hydrogens (tertiary/aromatic N) is 1. The van der Waals surface area contributed by atoms with Crippen LogP contribution in [0.3, 0.4) is 0 Å². The van der Waals surface area contributed by atoms with Crippen molar-refractivity contribution >= 4 is 72.7 Å². The number of halogens is 1. The highest BCUT2D eigenvalue weighted by Crippen LogP contribution is 2.36. The summed E-state index contributed by atoms with van der Waals surface area (Å²) in [6, 6.07) is 29.9. The maximum atomic E-state index is 13.0. The molecule has 1 heterocycles. The molecule has 0 saturated carbocycles. The van der Waals surface area contributed by atoms with Gasteiger partial charge in [-0.05, 0) is 64.4 Å². The van der Waals surface area contributed by atoms with E-state index in [9.17, 15) is 4.79 Å². The van der Waals surface area contributed by atoms with Crippen molar-refractivity contribution in [3.05, 3.63) is 112 Å². The number of carbonyl (C=O) groups is 1. The molecule has 162 valence electrons. The summed E-state index contributed by atoms with van der Waals surface area (Å²) < 4.78 is 7.39. The van der Waals surface area contributed by atoms with Crippen molar-refractivity contribution in [2.45, 2.75) is 6.61 Å². The molecule has 0 atom stereocenters. The number of thioether (sulfide) groups is 1. The first kappa shape index (κ1) is 21.9. The minimum Gasteiger partial charge on any atom is -0.489 e. The Balaban J connectivity index is 1.27. The van der Waals surface area contributed by atoms with Crippen LogP contribution in [0.25, 0.3) is 16.8 Å². The summed E-state index contributed by atoms with van der Waals surface area (Å²) in [5.41, 5.74) is 2.80. The molecule has 1 aliphatic heterocycles. The average Bonchev–Trinajstić information content (AvgIpc) is 3.11. The Hall–Kier alpha value is -2.93. The molecule has 0 spiro atoms. The van der Waals surface area contributed by atoms with E-state index in [-0.39, 0.29) is 5.91 Å². The van der Waals surface area contributed by atoms with Gasteiger partial charge >= 0.3 is 0 Å². The molecule has 1 saturated heterocycles. The Morgan fingerprint density at radius 2 is 1.70 bits per heavy atom. The van der Waals surface area contributed by atoms with Crippen molar-refractivity contribution in [1.29, 1.82) is 0 Å². The standard InChI is InChI=1S/C27H18BrNO2S2/c28-22-6-3-7-23(16-22)29-26(30)25(33-27(29)32)15-18-9-12-24(13-10-18)31-17-19-8-11-20-4-1-2-5-21(20)14-19/h1-16H,17H2/b25-15-. The number of rotatable bonds is 5. The fourth-order valence-corrected chi connectivity index (χ4v) is 5.30. The fourth-order valence-electron chi connectivity index (χ4n) is 3.61. The van der Waals surface area contributed by atoms with Crippen LogP contribution >= 0.6 is 39.9 Å². The van der Waals surface area contributed by atoms with Gasteiger partial charge in [-0.25, -0.2) is 0 Å². The minimum absolute atomic E-state index is 0.111. The molecule has 4 aromatic carbocycles. The SMILES string of the molecule is O=C1/C(=C/c2ccc(OCc3ccc4ccccc4c3)cc2)SC(=S)N1c1cccc(Br)c1. The molecule has 0 unspecified atom stereocenters. The number of ether oxygens (including phenoxy) is 1. The van der Waals surface area contributed by atoms with Gasteiger partial charge in [0.05, 0.1) is 10.6 Å². The number of benzene rings is 4. The van der Waals surface area contributed by atoms with E-state index in [1.807, 2.05) is 66.7 Å². The maximum Gasteiger partial charge on any atom is 0.270 e. The number of fused-ring (bicyclic) bond motifs is 1. The smallest absolute Gasteiger partial charge is 0.270 e. The minimum atomic E-state index is -0.111. The largest absolute Gasteiger partial charge is 0.489 e. The van der Waals surface area contributed by atoms with E-state index in [0.29, 0.717) is 15.8 Å². The lowest BCUT2D eigenvalue weighted by Crippen LogP contribution is -2.27. The summed E-state index contributed by atoms with van der Waals surface area (Å²) in [6.07, 6.45) is 1.87. The van der Waals surface area contributed by atoms with Crippen LogP contribution in [0.4, 0.5) is 5.69 Å².